The van der Waals surface area contributed by atoms with E-state index in [2.05, 4.69) is 0 Å². The van der Waals surface area contributed by atoms with Crippen LogP contribution in [-0.2, 0) is 4.74 Å². The highest BCUT2D eigenvalue weighted by Crippen LogP contribution is 2.28. The van der Waals surface area contributed by atoms with E-state index in [1.807, 2.05) is 6.07 Å². The highest BCUT2D eigenvalue weighted by molar-refractivity contribution is 5.89. The summed E-state index contributed by atoms with van der Waals surface area (Å²) in [7, 11) is 0. The first-order chi connectivity index (χ1) is 8.62. The lowest BCUT2D eigenvalue weighted by Crippen LogP contribution is -2.48. The van der Waals surface area contributed by atoms with Crippen LogP contribution in [0.4, 0.5) is 0 Å². The first-order valence-corrected chi connectivity index (χ1v) is 6.29. The van der Waals surface area contributed by atoms with Crippen LogP contribution < -0.4 is 0 Å². The summed E-state index contributed by atoms with van der Waals surface area (Å²) in [4.78, 5) is 11.8. The van der Waals surface area contributed by atoms with Crippen LogP contribution in [0.15, 0.2) is 30.3 Å². The van der Waals surface area contributed by atoms with E-state index < -0.39 is 23.1 Å². The summed E-state index contributed by atoms with van der Waals surface area (Å²) >= 11 is 0. The van der Waals surface area contributed by atoms with Crippen LogP contribution in [0.5, 0.6) is 0 Å². The van der Waals surface area contributed by atoms with Crippen molar-refractivity contribution >= 4 is 5.97 Å². The molecule has 106 valence electrons. The van der Waals surface area contributed by atoms with Crippen molar-refractivity contribution in [2.75, 3.05) is 6.61 Å². The maximum Gasteiger partial charge on any atom is 0.338 e. The molecule has 0 aliphatic rings. The second-order valence-corrected chi connectivity index (χ2v) is 5.82. The molecule has 4 nitrogen and oxygen atoms in total. The standard InChI is InChI=1S/C15H22O4/c1-14(2,17)12(15(3,4)18)10-19-13(16)11-8-6-5-7-9-11/h5-9,12,17-18H,10H2,1-4H3. The van der Waals surface area contributed by atoms with Gasteiger partial charge in [0.25, 0.3) is 0 Å². The summed E-state index contributed by atoms with van der Waals surface area (Å²) < 4.78 is 5.18. The fourth-order valence-corrected chi connectivity index (χ4v) is 2.09. The molecule has 2 N–H and O–H groups in total. The molecule has 0 atom stereocenters. The molecule has 0 aliphatic heterocycles. The molecule has 1 aromatic rings. The third-order valence-corrected chi connectivity index (χ3v) is 3.10. The lowest BCUT2D eigenvalue weighted by atomic mass is 9.79. The van der Waals surface area contributed by atoms with Crippen molar-refractivity contribution < 1.29 is 19.7 Å². The molecule has 4 heteroatoms. The SMILES string of the molecule is CC(C)(O)C(COC(=O)c1ccccc1)C(C)(C)O. The molecule has 19 heavy (non-hydrogen) atoms. The zero-order chi connectivity index (χ0) is 14.7. The first-order valence-electron chi connectivity index (χ1n) is 6.29. The Hall–Kier alpha value is -1.39. The molecule has 0 radical (unpaired) electrons. The van der Waals surface area contributed by atoms with Crippen LogP contribution in [-0.4, -0.2) is 34.0 Å². The van der Waals surface area contributed by atoms with Gasteiger partial charge in [-0.1, -0.05) is 18.2 Å². The Balaban J connectivity index is 2.71. The molecule has 0 saturated carbocycles. The Kier molecular flexibility index (Phi) is 4.71. The van der Waals surface area contributed by atoms with E-state index >= 15 is 0 Å². The van der Waals surface area contributed by atoms with Gasteiger partial charge in [-0.05, 0) is 39.8 Å². The van der Waals surface area contributed by atoms with Crippen molar-refractivity contribution in [2.24, 2.45) is 5.92 Å². The van der Waals surface area contributed by atoms with Gasteiger partial charge in [0, 0.05) is 5.92 Å². The maximum absolute atomic E-state index is 11.8. The molecule has 0 aromatic heterocycles. The summed E-state index contributed by atoms with van der Waals surface area (Å²) in [6.45, 7) is 6.32. The molecule has 1 rings (SSSR count). The van der Waals surface area contributed by atoms with Crippen LogP contribution in [0, 0.1) is 5.92 Å². The number of hydrogen-bond donors (Lipinski definition) is 2. The molecule has 0 heterocycles. The smallest absolute Gasteiger partial charge is 0.338 e. The third-order valence-electron chi connectivity index (χ3n) is 3.10. The van der Waals surface area contributed by atoms with Crippen LogP contribution >= 0.6 is 0 Å². The number of carbonyl (C=O) groups excluding carboxylic acids is 1. The van der Waals surface area contributed by atoms with E-state index in [-0.39, 0.29) is 6.61 Å². The summed E-state index contributed by atoms with van der Waals surface area (Å²) in [5, 5.41) is 20.1. The molecular formula is C15H22O4. The second-order valence-electron chi connectivity index (χ2n) is 5.82. The highest BCUT2D eigenvalue weighted by Gasteiger charge is 2.39. The van der Waals surface area contributed by atoms with Gasteiger partial charge in [0.15, 0.2) is 0 Å². The molecule has 0 aliphatic carbocycles. The van der Waals surface area contributed by atoms with Gasteiger partial charge >= 0.3 is 5.97 Å². The van der Waals surface area contributed by atoms with Gasteiger partial charge in [-0.25, -0.2) is 4.79 Å². The van der Waals surface area contributed by atoms with Crippen molar-refractivity contribution in [1.29, 1.82) is 0 Å². The van der Waals surface area contributed by atoms with Crippen LogP contribution in [0.2, 0.25) is 0 Å². The number of rotatable bonds is 5. The van der Waals surface area contributed by atoms with Crippen molar-refractivity contribution in [1.82, 2.24) is 0 Å². The van der Waals surface area contributed by atoms with Gasteiger partial charge < -0.3 is 14.9 Å². The number of benzene rings is 1. The molecule has 0 fully saturated rings. The molecule has 0 saturated heterocycles. The minimum atomic E-state index is -1.14. The largest absolute Gasteiger partial charge is 0.462 e. The maximum atomic E-state index is 11.8. The Morgan fingerprint density at radius 2 is 1.58 bits per heavy atom. The van der Waals surface area contributed by atoms with Gasteiger partial charge in [0.05, 0.1) is 23.4 Å². The summed E-state index contributed by atoms with van der Waals surface area (Å²) in [5.41, 5.74) is -1.84. The summed E-state index contributed by atoms with van der Waals surface area (Å²) in [6.07, 6.45) is 0. The molecule has 0 bridgehead atoms. The topological polar surface area (TPSA) is 66.8 Å². The monoisotopic (exact) mass is 266 g/mol. The summed E-state index contributed by atoms with van der Waals surface area (Å²) in [5.74, 6) is -1.04. The second kappa shape index (κ2) is 5.72. The lowest BCUT2D eigenvalue weighted by Gasteiger charge is -2.37. The molecule has 0 amide bonds. The Bertz CT molecular complexity index is 398. The molecule has 0 spiro atoms. The van der Waals surface area contributed by atoms with E-state index in [0.717, 1.165) is 0 Å². The number of ether oxygens (including phenoxy) is 1. The van der Waals surface area contributed by atoms with Crippen LogP contribution in [0.25, 0.3) is 0 Å². The summed E-state index contributed by atoms with van der Waals surface area (Å²) in [6, 6.07) is 8.63. The van der Waals surface area contributed by atoms with Crippen molar-refractivity contribution in [3.05, 3.63) is 35.9 Å². The zero-order valence-electron chi connectivity index (χ0n) is 11.9. The normalized spacial score (nSPS) is 12.6. The van der Waals surface area contributed by atoms with Crippen LogP contribution in [0.1, 0.15) is 38.1 Å². The number of hydrogen-bond acceptors (Lipinski definition) is 4. The highest BCUT2D eigenvalue weighted by atomic mass is 16.5. The van der Waals surface area contributed by atoms with Crippen molar-refractivity contribution in [3.63, 3.8) is 0 Å². The van der Waals surface area contributed by atoms with Gasteiger partial charge in [-0.15, -0.1) is 0 Å². The predicted octanol–water partition coefficient (Wildman–Crippen LogP) is 2.00. The molecular weight excluding hydrogens is 244 g/mol. The number of esters is 1. The molecule has 0 unspecified atom stereocenters. The van der Waals surface area contributed by atoms with E-state index in [9.17, 15) is 15.0 Å². The fraction of sp³-hybridized carbons (Fsp3) is 0.533. The molecule has 1 aromatic carbocycles. The minimum Gasteiger partial charge on any atom is -0.462 e. The third kappa shape index (κ3) is 4.65. The van der Waals surface area contributed by atoms with E-state index in [4.69, 9.17) is 4.74 Å². The van der Waals surface area contributed by atoms with Gasteiger partial charge in [-0.2, -0.15) is 0 Å². The van der Waals surface area contributed by atoms with Gasteiger partial charge in [0.1, 0.15) is 0 Å². The lowest BCUT2D eigenvalue weighted by molar-refractivity contribution is -0.111. The number of carbonyl (C=O) groups is 1. The van der Waals surface area contributed by atoms with E-state index in [0.29, 0.717) is 5.56 Å². The zero-order valence-corrected chi connectivity index (χ0v) is 11.9. The Morgan fingerprint density at radius 3 is 2.00 bits per heavy atom. The first kappa shape index (κ1) is 15.7. The Morgan fingerprint density at radius 1 is 1.11 bits per heavy atom. The minimum absolute atomic E-state index is 0.0409. The van der Waals surface area contributed by atoms with E-state index in [1.54, 1.807) is 52.0 Å². The van der Waals surface area contributed by atoms with Crippen molar-refractivity contribution in [3.8, 4) is 0 Å². The Labute approximate surface area is 114 Å². The number of aliphatic hydroxyl groups is 2. The average Bonchev–Trinajstić information content (AvgIpc) is 2.26. The average molecular weight is 266 g/mol. The van der Waals surface area contributed by atoms with Gasteiger partial charge in [-0.3, -0.25) is 0 Å². The predicted molar refractivity (Wildman–Crippen MR) is 72.8 cm³/mol. The van der Waals surface area contributed by atoms with Crippen LogP contribution in [0.3, 0.4) is 0 Å². The van der Waals surface area contributed by atoms with Gasteiger partial charge in [0.2, 0.25) is 0 Å². The van der Waals surface area contributed by atoms with E-state index in [1.165, 1.54) is 0 Å². The quantitative estimate of drug-likeness (QED) is 0.800. The van der Waals surface area contributed by atoms with Crippen molar-refractivity contribution in [2.45, 2.75) is 38.9 Å². The fourth-order valence-electron chi connectivity index (χ4n) is 2.09.